The number of carbonyl (C=O) groups is 2. The summed E-state index contributed by atoms with van der Waals surface area (Å²) < 4.78 is 5.21. The van der Waals surface area contributed by atoms with E-state index in [1.54, 1.807) is 11.9 Å². The van der Waals surface area contributed by atoms with Gasteiger partial charge in [0.2, 0.25) is 11.8 Å². The molecule has 1 heterocycles. The molecule has 22 heavy (non-hydrogen) atoms. The van der Waals surface area contributed by atoms with Crippen LogP contribution in [0.15, 0.2) is 24.3 Å². The maximum absolute atomic E-state index is 12.4. The minimum absolute atomic E-state index is 0.0401. The van der Waals surface area contributed by atoms with Crippen molar-refractivity contribution < 1.29 is 14.3 Å². The number of hydrogen-bond donors (Lipinski definition) is 1. The molecular weight excluding hydrogens is 282 g/mol. The van der Waals surface area contributed by atoms with Gasteiger partial charge in [-0.05, 0) is 12.5 Å². The molecule has 1 aliphatic heterocycles. The highest BCUT2D eigenvalue weighted by Crippen LogP contribution is 2.14. The standard InChI is InChI=1S/C16H23N3O3/c1-12-3-5-13(6-4-12)15(17)16(21)18(2)11-14(20)19-7-9-22-10-8-19/h3-6,15H,7-11,17H2,1-2H3. The summed E-state index contributed by atoms with van der Waals surface area (Å²) in [5.41, 5.74) is 7.87. The first kappa shape index (κ1) is 16.5. The second-order valence-corrected chi connectivity index (χ2v) is 5.58. The fourth-order valence-electron chi connectivity index (χ4n) is 2.35. The zero-order valence-electron chi connectivity index (χ0n) is 13.1. The van der Waals surface area contributed by atoms with Gasteiger partial charge in [0.25, 0.3) is 0 Å². The van der Waals surface area contributed by atoms with Crippen LogP contribution in [0.5, 0.6) is 0 Å². The molecule has 1 aromatic rings. The Labute approximate surface area is 130 Å². The second kappa shape index (κ2) is 7.38. The third-order valence-electron chi connectivity index (χ3n) is 3.81. The summed E-state index contributed by atoms with van der Waals surface area (Å²) >= 11 is 0. The first-order chi connectivity index (χ1) is 10.5. The molecule has 0 radical (unpaired) electrons. The van der Waals surface area contributed by atoms with E-state index < -0.39 is 6.04 Å². The highest BCUT2D eigenvalue weighted by atomic mass is 16.5. The normalized spacial score (nSPS) is 16.2. The third kappa shape index (κ3) is 4.05. The van der Waals surface area contributed by atoms with E-state index in [9.17, 15) is 9.59 Å². The van der Waals surface area contributed by atoms with E-state index in [-0.39, 0.29) is 18.4 Å². The third-order valence-corrected chi connectivity index (χ3v) is 3.81. The number of ether oxygens (including phenoxy) is 1. The van der Waals surface area contributed by atoms with E-state index in [2.05, 4.69) is 0 Å². The number of nitrogens with zero attached hydrogens (tertiary/aromatic N) is 2. The molecule has 0 aliphatic carbocycles. The number of benzene rings is 1. The molecule has 1 aromatic carbocycles. The molecule has 120 valence electrons. The molecule has 0 spiro atoms. The summed E-state index contributed by atoms with van der Waals surface area (Å²) in [6.07, 6.45) is 0. The molecule has 2 rings (SSSR count). The Morgan fingerprint density at radius 3 is 2.45 bits per heavy atom. The molecule has 0 saturated carbocycles. The molecule has 0 aromatic heterocycles. The summed E-state index contributed by atoms with van der Waals surface area (Å²) in [5, 5.41) is 0. The predicted molar refractivity (Wildman–Crippen MR) is 83.1 cm³/mol. The lowest BCUT2D eigenvalue weighted by atomic mass is 10.0. The Morgan fingerprint density at radius 2 is 1.86 bits per heavy atom. The van der Waals surface area contributed by atoms with E-state index in [1.807, 2.05) is 31.2 Å². The van der Waals surface area contributed by atoms with Crippen molar-refractivity contribution in [2.75, 3.05) is 39.9 Å². The van der Waals surface area contributed by atoms with E-state index in [0.29, 0.717) is 26.3 Å². The molecule has 0 bridgehead atoms. The maximum atomic E-state index is 12.4. The van der Waals surface area contributed by atoms with E-state index >= 15 is 0 Å². The number of aryl methyl sites for hydroxylation is 1. The van der Waals surface area contributed by atoms with Crippen LogP contribution in [-0.2, 0) is 14.3 Å². The van der Waals surface area contributed by atoms with Crippen LogP contribution in [0.25, 0.3) is 0 Å². The Balaban J connectivity index is 1.93. The highest BCUT2D eigenvalue weighted by molar-refractivity contribution is 5.88. The predicted octanol–water partition coefficient (Wildman–Crippen LogP) is 0.312. The largest absolute Gasteiger partial charge is 0.378 e. The summed E-state index contributed by atoms with van der Waals surface area (Å²) in [6, 6.07) is 6.77. The van der Waals surface area contributed by atoms with Gasteiger partial charge in [0, 0.05) is 20.1 Å². The number of hydrogen-bond acceptors (Lipinski definition) is 4. The van der Waals surface area contributed by atoms with Gasteiger partial charge < -0.3 is 20.3 Å². The molecule has 1 saturated heterocycles. The lowest BCUT2D eigenvalue weighted by Gasteiger charge is -2.29. The van der Waals surface area contributed by atoms with E-state index in [1.165, 1.54) is 4.90 Å². The second-order valence-electron chi connectivity index (χ2n) is 5.58. The van der Waals surface area contributed by atoms with Crippen LogP contribution in [0.3, 0.4) is 0 Å². The molecule has 2 amide bonds. The van der Waals surface area contributed by atoms with Crippen LogP contribution in [0.1, 0.15) is 17.2 Å². The number of carbonyl (C=O) groups excluding carboxylic acids is 2. The van der Waals surface area contributed by atoms with Crippen LogP contribution < -0.4 is 5.73 Å². The SMILES string of the molecule is Cc1ccc(C(N)C(=O)N(C)CC(=O)N2CCOCC2)cc1. The van der Waals surface area contributed by atoms with Crippen LogP contribution in [0, 0.1) is 6.92 Å². The monoisotopic (exact) mass is 305 g/mol. The van der Waals surface area contributed by atoms with Gasteiger partial charge in [0.15, 0.2) is 0 Å². The maximum Gasteiger partial charge on any atom is 0.244 e. The zero-order valence-corrected chi connectivity index (χ0v) is 13.1. The van der Waals surface area contributed by atoms with Crippen LogP contribution in [0.4, 0.5) is 0 Å². The van der Waals surface area contributed by atoms with Gasteiger partial charge in [-0.1, -0.05) is 29.8 Å². The van der Waals surface area contributed by atoms with Gasteiger partial charge in [0.1, 0.15) is 6.04 Å². The van der Waals surface area contributed by atoms with Gasteiger partial charge in [-0.15, -0.1) is 0 Å². The first-order valence-corrected chi connectivity index (χ1v) is 7.41. The Kier molecular flexibility index (Phi) is 5.51. The van der Waals surface area contributed by atoms with Gasteiger partial charge >= 0.3 is 0 Å². The number of rotatable bonds is 4. The van der Waals surface area contributed by atoms with Crippen LogP contribution in [0.2, 0.25) is 0 Å². The summed E-state index contributed by atoms with van der Waals surface area (Å²) in [4.78, 5) is 27.6. The van der Waals surface area contributed by atoms with Gasteiger partial charge in [0.05, 0.1) is 19.8 Å². The van der Waals surface area contributed by atoms with Gasteiger partial charge in [-0.2, -0.15) is 0 Å². The van der Waals surface area contributed by atoms with Gasteiger partial charge in [-0.25, -0.2) is 0 Å². The lowest BCUT2D eigenvalue weighted by Crippen LogP contribution is -2.47. The van der Waals surface area contributed by atoms with E-state index in [4.69, 9.17) is 10.5 Å². The number of amides is 2. The number of nitrogens with two attached hydrogens (primary N) is 1. The molecule has 6 nitrogen and oxygen atoms in total. The minimum atomic E-state index is -0.747. The quantitative estimate of drug-likeness (QED) is 0.869. The number of morpholine rings is 1. The minimum Gasteiger partial charge on any atom is -0.378 e. The molecule has 2 N–H and O–H groups in total. The number of likely N-dealkylation sites (N-methyl/N-ethyl adjacent to an activating group) is 1. The average molecular weight is 305 g/mol. The Morgan fingerprint density at radius 1 is 1.27 bits per heavy atom. The van der Waals surface area contributed by atoms with Crippen molar-refractivity contribution in [3.63, 3.8) is 0 Å². The van der Waals surface area contributed by atoms with E-state index in [0.717, 1.165) is 11.1 Å². The summed E-state index contributed by atoms with van der Waals surface area (Å²) in [5.74, 6) is -0.333. The molecule has 6 heteroatoms. The topological polar surface area (TPSA) is 75.9 Å². The van der Waals surface area contributed by atoms with Gasteiger partial charge in [-0.3, -0.25) is 9.59 Å². The van der Waals surface area contributed by atoms with Crippen LogP contribution >= 0.6 is 0 Å². The van der Waals surface area contributed by atoms with Crippen molar-refractivity contribution in [1.82, 2.24) is 9.80 Å². The molecule has 1 aliphatic rings. The Hall–Kier alpha value is -1.92. The first-order valence-electron chi connectivity index (χ1n) is 7.41. The summed E-state index contributed by atoms with van der Waals surface area (Å²) in [6.45, 7) is 4.26. The molecule has 1 atom stereocenters. The lowest BCUT2D eigenvalue weighted by molar-refractivity contribution is -0.142. The average Bonchev–Trinajstić information content (AvgIpc) is 2.55. The van der Waals surface area contributed by atoms with Crippen molar-refractivity contribution in [2.24, 2.45) is 5.73 Å². The smallest absolute Gasteiger partial charge is 0.244 e. The van der Waals surface area contributed by atoms with Crippen molar-refractivity contribution in [3.8, 4) is 0 Å². The highest BCUT2D eigenvalue weighted by Gasteiger charge is 2.24. The Bertz CT molecular complexity index is 524. The van der Waals surface area contributed by atoms with Crippen LogP contribution in [-0.4, -0.2) is 61.5 Å². The van der Waals surface area contributed by atoms with Crippen molar-refractivity contribution in [3.05, 3.63) is 35.4 Å². The van der Waals surface area contributed by atoms with Crippen molar-refractivity contribution in [1.29, 1.82) is 0 Å². The van der Waals surface area contributed by atoms with Crippen molar-refractivity contribution >= 4 is 11.8 Å². The fourth-order valence-corrected chi connectivity index (χ4v) is 2.35. The molecule has 1 unspecified atom stereocenters. The zero-order chi connectivity index (χ0) is 16.1. The van der Waals surface area contributed by atoms with Crippen molar-refractivity contribution in [2.45, 2.75) is 13.0 Å². The molecule has 1 fully saturated rings. The fraction of sp³-hybridized carbons (Fsp3) is 0.500. The summed E-state index contributed by atoms with van der Waals surface area (Å²) in [7, 11) is 1.61. The molecular formula is C16H23N3O3.